The number of amides is 1. The molecule has 3 aromatic rings. The summed E-state index contributed by atoms with van der Waals surface area (Å²) in [6.45, 7) is 0. The summed E-state index contributed by atoms with van der Waals surface area (Å²) < 4.78 is 17.6. The van der Waals surface area contributed by atoms with Gasteiger partial charge in [-0.15, -0.1) is 0 Å². The lowest BCUT2D eigenvalue weighted by molar-refractivity contribution is 0.102. The first kappa shape index (κ1) is 17.3. The average molecular weight is 353 g/mol. The van der Waals surface area contributed by atoms with Gasteiger partial charge in [-0.1, -0.05) is 0 Å². The molecule has 1 N–H and O–H groups in total. The molecule has 0 radical (unpaired) electrons. The van der Waals surface area contributed by atoms with Crippen LogP contribution >= 0.6 is 0 Å². The van der Waals surface area contributed by atoms with Crippen LogP contribution in [0.25, 0.3) is 5.69 Å². The van der Waals surface area contributed by atoms with Crippen molar-refractivity contribution in [2.75, 3.05) is 26.6 Å². The van der Waals surface area contributed by atoms with Gasteiger partial charge in [0.2, 0.25) is 5.75 Å². The molecule has 0 atom stereocenters. The Bertz CT molecular complexity index is 865. The number of hydrogen-bond acceptors (Lipinski definition) is 5. The van der Waals surface area contributed by atoms with Gasteiger partial charge in [-0.25, -0.2) is 4.68 Å². The zero-order valence-corrected chi connectivity index (χ0v) is 14.7. The van der Waals surface area contributed by atoms with E-state index in [2.05, 4.69) is 10.4 Å². The Labute approximate surface area is 151 Å². The van der Waals surface area contributed by atoms with Crippen LogP contribution in [0.1, 0.15) is 10.4 Å². The number of nitrogens with zero attached hydrogens (tertiary/aromatic N) is 2. The zero-order chi connectivity index (χ0) is 18.5. The monoisotopic (exact) mass is 353 g/mol. The molecule has 0 bridgehead atoms. The minimum absolute atomic E-state index is 0.244. The average Bonchev–Trinajstić information content (AvgIpc) is 3.22. The lowest BCUT2D eigenvalue weighted by Gasteiger charge is -2.14. The molecule has 1 aromatic heterocycles. The van der Waals surface area contributed by atoms with E-state index in [0.717, 1.165) is 5.69 Å². The van der Waals surface area contributed by atoms with Crippen molar-refractivity contribution in [1.29, 1.82) is 0 Å². The van der Waals surface area contributed by atoms with Gasteiger partial charge in [0.25, 0.3) is 5.91 Å². The van der Waals surface area contributed by atoms with E-state index in [0.29, 0.717) is 28.5 Å². The van der Waals surface area contributed by atoms with E-state index in [9.17, 15) is 4.79 Å². The third-order valence-corrected chi connectivity index (χ3v) is 3.82. The van der Waals surface area contributed by atoms with Crippen LogP contribution in [0.2, 0.25) is 0 Å². The van der Waals surface area contributed by atoms with Crippen LogP contribution in [0.3, 0.4) is 0 Å². The highest BCUT2D eigenvalue weighted by molar-refractivity contribution is 6.04. The van der Waals surface area contributed by atoms with Gasteiger partial charge in [-0.3, -0.25) is 4.79 Å². The number of benzene rings is 2. The van der Waals surface area contributed by atoms with Crippen molar-refractivity contribution in [2.24, 2.45) is 0 Å². The Morgan fingerprint density at radius 1 is 1.00 bits per heavy atom. The van der Waals surface area contributed by atoms with Gasteiger partial charge >= 0.3 is 0 Å². The number of anilines is 1. The summed E-state index contributed by atoms with van der Waals surface area (Å²) >= 11 is 0. The summed E-state index contributed by atoms with van der Waals surface area (Å²) in [6, 6.07) is 12.3. The first-order chi connectivity index (χ1) is 12.7. The molecule has 7 heteroatoms. The Morgan fingerprint density at radius 2 is 1.65 bits per heavy atom. The number of ether oxygens (including phenoxy) is 3. The smallest absolute Gasteiger partial charge is 0.255 e. The molecule has 0 aliphatic rings. The molecular weight excluding hydrogens is 334 g/mol. The maximum absolute atomic E-state index is 12.5. The molecule has 134 valence electrons. The van der Waals surface area contributed by atoms with Crippen LogP contribution in [0.5, 0.6) is 17.2 Å². The third-order valence-electron chi connectivity index (χ3n) is 3.82. The van der Waals surface area contributed by atoms with Gasteiger partial charge in [0.05, 0.1) is 27.0 Å². The van der Waals surface area contributed by atoms with E-state index in [1.807, 2.05) is 24.4 Å². The predicted octanol–water partition coefficient (Wildman–Crippen LogP) is 3.15. The summed E-state index contributed by atoms with van der Waals surface area (Å²) in [4.78, 5) is 12.5. The van der Waals surface area contributed by atoms with Crippen molar-refractivity contribution in [3.05, 3.63) is 60.4 Å². The molecule has 0 unspecified atom stereocenters. The molecule has 7 nitrogen and oxygen atoms in total. The van der Waals surface area contributed by atoms with E-state index < -0.39 is 0 Å². The normalized spacial score (nSPS) is 10.3. The second-order valence-electron chi connectivity index (χ2n) is 5.37. The summed E-state index contributed by atoms with van der Waals surface area (Å²) in [7, 11) is 4.58. The SMILES string of the molecule is COc1cc(NC(=O)c2ccc(-n3cccn3)cc2)cc(OC)c1OC. The van der Waals surface area contributed by atoms with Crippen LogP contribution < -0.4 is 19.5 Å². The van der Waals surface area contributed by atoms with E-state index in [4.69, 9.17) is 14.2 Å². The highest BCUT2D eigenvalue weighted by Crippen LogP contribution is 2.40. The molecular formula is C19H19N3O4. The number of carbonyl (C=O) groups is 1. The predicted molar refractivity (Wildman–Crippen MR) is 97.6 cm³/mol. The van der Waals surface area contributed by atoms with Crippen molar-refractivity contribution in [3.63, 3.8) is 0 Å². The number of hydrogen-bond donors (Lipinski definition) is 1. The lowest BCUT2D eigenvalue weighted by Crippen LogP contribution is -2.12. The molecule has 0 fully saturated rings. The van der Waals surface area contributed by atoms with Crippen LogP contribution in [0.4, 0.5) is 5.69 Å². The second-order valence-corrected chi connectivity index (χ2v) is 5.37. The number of nitrogens with one attached hydrogen (secondary N) is 1. The standard InChI is InChI=1S/C19H19N3O4/c1-24-16-11-14(12-17(25-2)18(16)26-3)21-19(23)13-5-7-15(8-6-13)22-10-4-9-20-22/h4-12H,1-3H3,(H,21,23). The Balaban J connectivity index is 1.81. The largest absolute Gasteiger partial charge is 0.493 e. The van der Waals surface area contributed by atoms with Crippen LogP contribution in [-0.4, -0.2) is 37.0 Å². The topological polar surface area (TPSA) is 74.6 Å². The minimum Gasteiger partial charge on any atom is -0.493 e. The Kier molecular flexibility index (Phi) is 5.07. The summed E-state index contributed by atoms with van der Waals surface area (Å²) in [5, 5.41) is 7.00. The number of aromatic nitrogens is 2. The maximum atomic E-state index is 12.5. The molecule has 0 aliphatic heterocycles. The minimum atomic E-state index is -0.244. The van der Waals surface area contributed by atoms with Crippen molar-refractivity contribution in [2.45, 2.75) is 0 Å². The molecule has 0 saturated carbocycles. The molecule has 1 amide bonds. The molecule has 0 aliphatic carbocycles. The fourth-order valence-corrected chi connectivity index (χ4v) is 2.54. The summed E-state index contributed by atoms with van der Waals surface area (Å²) in [5.74, 6) is 1.16. The molecule has 1 heterocycles. The van der Waals surface area contributed by atoms with Crippen molar-refractivity contribution in [3.8, 4) is 22.9 Å². The molecule has 2 aromatic carbocycles. The molecule has 0 spiro atoms. The molecule has 26 heavy (non-hydrogen) atoms. The lowest BCUT2D eigenvalue weighted by atomic mass is 10.2. The number of rotatable bonds is 6. The van der Waals surface area contributed by atoms with Gasteiger partial charge in [0.1, 0.15) is 0 Å². The molecule has 0 saturated heterocycles. The summed E-state index contributed by atoms with van der Waals surface area (Å²) in [5.41, 5.74) is 1.94. The fourth-order valence-electron chi connectivity index (χ4n) is 2.54. The Hall–Kier alpha value is -3.48. The van der Waals surface area contributed by atoms with Crippen molar-refractivity contribution >= 4 is 11.6 Å². The van der Waals surface area contributed by atoms with E-state index in [-0.39, 0.29) is 5.91 Å². The van der Waals surface area contributed by atoms with Crippen molar-refractivity contribution in [1.82, 2.24) is 9.78 Å². The van der Waals surface area contributed by atoms with Gasteiger partial charge in [0, 0.05) is 35.8 Å². The van der Waals surface area contributed by atoms with Crippen LogP contribution in [-0.2, 0) is 0 Å². The maximum Gasteiger partial charge on any atom is 0.255 e. The second kappa shape index (κ2) is 7.60. The highest BCUT2D eigenvalue weighted by Gasteiger charge is 2.15. The first-order valence-electron chi connectivity index (χ1n) is 7.87. The third kappa shape index (κ3) is 3.46. The van der Waals surface area contributed by atoms with Gasteiger partial charge in [-0.05, 0) is 30.3 Å². The summed E-state index contributed by atoms with van der Waals surface area (Å²) in [6.07, 6.45) is 3.54. The fraction of sp³-hybridized carbons (Fsp3) is 0.158. The first-order valence-corrected chi connectivity index (χ1v) is 7.87. The van der Waals surface area contributed by atoms with Crippen LogP contribution in [0, 0.1) is 0 Å². The van der Waals surface area contributed by atoms with Gasteiger partial charge in [0.15, 0.2) is 11.5 Å². The van der Waals surface area contributed by atoms with Gasteiger partial charge in [-0.2, -0.15) is 5.10 Å². The zero-order valence-electron chi connectivity index (χ0n) is 14.7. The number of methoxy groups -OCH3 is 3. The van der Waals surface area contributed by atoms with E-state index >= 15 is 0 Å². The quantitative estimate of drug-likeness (QED) is 0.737. The van der Waals surface area contributed by atoms with E-state index in [1.54, 1.807) is 35.1 Å². The van der Waals surface area contributed by atoms with Gasteiger partial charge < -0.3 is 19.5 Å². The Morgan fingerprint density at radius 3 is 2.15 bits per heavy atom. The number of carbonyl (C=O) groups excluding carboxylic acids is 1. The van der Waals surface area contributed by atoms with Crippen molar-refractivity contribution < 1.29 is 19.0 Å². The van der Waals surface area contributed by atoms with E-state index in [1.165, 1.54) is 21.3 Å². The highest BCUT2D eigenvalue weighted by atomic mass is 16.5. The van der Waals surface area contributed by atoms with Crippen LogP contribution in [0.15, 0.2) is 54.9 Å². The molecule has 3 rings (SSSR count).